The number of hydrogen-bond acceptors (Lipinski definition) is 8. The SMILES string of the molecule is CC/C=C\C/C=C\C/C=C\C/C=C\C/C=C\C/C=C\CCCCCCCCCCCCC(=O)OC(COC(=O)CCCCCCCCCCCCCCCCCCCCCCC/C=C\C/C=C\C/C=C\C/C=C\C/C=C\CC)COC(OCC[N+](C)(C)C)C(=O)[O-]. The Hall–Kier alpha value is -4.57. The molecule has 0 amide bonds. The first-order chi connectivity index (χ1) is 44.6. The minimum atomic E-state index is -1.63. The summed E-state index contributed by atoms with van der Waals surface area (Å²) in [6.45, 7) is 4.54. The molecule has 0 bridgehead atoms. The molecule has 0 rings (SSSR count). The van der Waals surface area contributed by atoms with E-state index in [1.807, 2.05) is 21.1 Å². The number of nitrogens with zero attached hydrogens (tertiary/aromatic N) is 1. The third-order valence-electron chi connectivity index (χ3n) is 15.9. The molecule has 0 aliphatic carbocycles. The molecule has 0 aliphatic rings. The number of hydrogen-bond donors (Lipinski definition) is 0. The van der Waals surface area contributed by atoms with Crippen molar-refractivity contribution >= 4 is 17.9 Å². The van der Waals surface area contributed by atoms with E-state index in [1.165, 1.54) is 161 Å². The molecular weight excluding hydrogens is 1130 g/mol. The monoisotopic (exact) mass is 1270 g/mol. The molecule has 0 fully saturated rings. The third-order valence-corrected chi connectivity index (χ3v) is 15.9. The Morgan fingerprint density at radius 3 is 0.879 bits per heavy atom. The lowest BCUT2D eigenvalue weighted by molar-refractivity contribution is -0.870. The number of aliphatic carboxylic acids is 1. The Labute approximate surface area is 560 Å². The summed E-state index contributed by atoms with van der Waals surface area (Å²) >= 11 is 0. The van der Waals surface area contributed by atoms with E-state index in [0.29, 0.717) is 17.4 Å². The number of carbonyl (C=O) groups is 3. The Morgan fingerprint density at radius 1 is 0.330 bits per heavy atom. The molecule has 2 atom stereocenters. The summed E-state index contributed by atoms with van der Waals surface area (Å²) in [5, 5.41) is 11.8. The van der Waals surface area contributed by atoms with Gasteiger partial charge in [0.1, 0.15) is 13.2 Å². The van der Waals surface area contributed by atoms with Crippen molar-refractivity contribution in [1.29, 1.82) is 0 Å². The topological polar surface area (TPSA) is 111 Å². The van der Waals surface area contributed by atoms with Crippen LogP contribution >= 0.6 is 0 Å². The predicted octanol–water partition coefficient (Wildman–Crippen LogP) is 22.4. The van der Waals surface area contributed by atoms with Crippen LogP contribution < -0.4 is 5.11 Å². The average molecular weight is 1270 g/mol. The van der Waals surface area contributed by atoms with E-state index < -0.39 is 24.3 Å². The predicted molar refractivity (Wildman–Crippen MR) is 389 cm³/mol. The molecular formula is C82H139NO8. The van der Waals surface area contributed by atoms with Gasteiger partial charge in [-0.05, 0) is 109 Å². The molecule has 0 saturated heterocycles. The van der Waals surface area contributed by atoms with Gasteiger partial charge in [-0.25, -0.2) is 0 Å². The summed E-state index contributed by atoms with van der Waals surface area (Å²) in [6, 6.07) is 0. The highest BCUT2D eigenvalue weighted by Crippen LogP contribution is 2.18. The quantitative estimate of drug-likeness (QED) is 0.0195. The number of ether oxygens (including phenoxy) is 4. The van der Waals surface area contributed by atoms with Crippen LogP contribution in [0.15, 0.2) is 134 Å². The van der Waals surface area contributed by atoms with Crippen molar-refractivity contribution in [3.63, 3.8) is 0 Å². The normalized spacial score (nSPS) is 13.5. The van der Waals surface area contributed by atoms with Crippen molar-refractivity contribution in [2.24, 2.45) is 0 Å². The Balaban J connectivity index is 4.07. The summed E-state index contributed by atoms with van der Waals surface area (Å²) in [5.74, 6) is -2.28. The van der Waals surface area contributed by atoms with Crippen molar-refractivity contribution in [2.75, 3.05) is 47.5 Å². The van der Waals surface area contributed by atoms with Gasteiger partial charge >= 0.3 is 11.9 Å². The summed E-state index contributed by atoms with van der Waals surface area (Å²) < 4.78 is 22.8. The molecule has 2 unspecified atom stereocenters. The van der Waals surface area contributed by atoms with Crippen LogP contribution in [0.2, 0.25) is 0 Å². The van der Waals surface area contributed by atoms with Gasteiger partial charge in [-0.1, -0.05) is 321 Å². The van der Waals surface area contributed by atoms with Crippen LogP contribution in [0.1, 0.15) is 309 Å². The largest absolute Gasteiger partial charge is 0.545 e. The van der Waals surface area contributed by atoms with Gasteiger partial charge in [-0.15, -0.1) is 0 Å². The average Bonchev–Trinajstić information content (AvgIpc) is 3.66. The van der Waals surface area contributed by atoms with E-state index >= 15 is 0 Å². The molecule has 0 aliphatic heterocycles. The summed E-state index contributed by atoms with van der Waals surface area (Å²) in [5.41, 5.74) is 0. The van der Waals surface area contributed by atoms with Crippen LogP contribution in [-0.2, 0) is 33.3 Å². The second-order valence-electron chi connectivity index (χ2n) is 25.8. The lowest BCUT2D eigenvalue weighted by Gasteiger charge is -2.26. The lowest BCUT2D eigenvalue weighted by Crippen LogP contribution is -2.44. The fourth-order valence-corrected chi connectivity index (χ4v) is 10.3. The van der Waals surface area contributed by atoms with Crippen molar-refractivity contribution in [3.05, 3.63) is 134 Å². The molecule has 0 heterocycles. The second kappa shape index (κ2) is 71.3. The van der Waals surface area contributed by atoms with Gasteiger partial charge in [0.15, 0.2) is 12.4 Å². The van der Waals surface area contributed by atoms with Gasteiger partial charge in [0.2, 0.25) is 0 Å². The molecule has 9 nitrogen and oxygen atoms in total. The Bertz CT molecular complexity index is 1960. The number of rotatable bonds is 68. The summed E-state index contributed by atoms with van der Waals surface area (Å²) in [6.07, 6.45) is 99.8. The molecule has 0 N–H and O–H groups in total. The van der Waals surface area contributed by atoms with Crippen molar-refractivity contribution in [3.8, 4) is 0 Å². The van der Waals surface area contributed by atoms with E-state index in [9.17, 15) is 19.5 Å². The molecule has 0 radical (unpaired) electrons. The lowest BCUT2D eigenvalue weighted by atomic mass is 10.0. The molecule has 520 valence electrons. The molecule has 0 spiro atoms. The first-order valence-electron chi connectivity index (χ1n) is 37.3. The van der Waals surface area contributed by atoms with Crippen molar-refractivity contribution in [2.45, 2.75) is 322 Å². The molecule has 0 aromatic rings. The minimum absolute atomic E-state index is 0.143. The number of unbranched alkanes of at least 4 members (excludes halogenated alkanes) is 31. The number of esters is 2. The van der Waals surface area contributed by atoms with Gasteiger partial charge in [-0.2, -0.15) is 0 Å². The van der Waals surface area contributed by atoms with Gasteiger partial charge in [0, 0.05) is 12.8 Å². The van der Waals surface area contributed by atoms with Crippen LogP contribution in [0.4, 0.5) is 0 Å². The Morgan fingerprint density at radius 2 is 0.593 bits per heavy atom. The summed E-state index contributed by atoms with van der Waals surface area (Å²) in [7, 11) is 5.93. The minimum Gasteiger partial charge on any atom is -0.545 e. The van der Waals surface area contributed by atoms with Crippen LogP contribution in [0.25, 0.3) is 0 Å². The fourth-order valence-electron chi connectivity index (χ4n) is 10.3. The van der Waals surface area contributed by atoms with Crippen molar-refractivity contribution < 1.29 is 42.9 Å². The number of carboxylic acid groups (broad SMARTS) is 1. The maximum atomic E-state index is 13.0. The molecule has 91 heavy (non-hydrogen) atoms. The van der Waals surface area contributed by atoms with Gasteiger partial charge in [0.25, 0.3) is 0 Å². The highest BCUT2D eigenvalue weighted by Gasteiger charge is 2.22. The van der Waals surface area contributed by atoms with Gasteiger partial charge in [-0.3, -0.25) is 9.59 Å². The number of carboxylic acids is 1. The van der Waals surface area contributed by atoms with Crippen LogP contribution in [-0.4, -0.2) is 82.3 Å². The Kier molecular flexibility index (Phi) is 67.7. The standard InChI is InChI=1S/C82H139NO8/c1-6-8-10-12-14-16-18-20-22-24-26-28-30-32-34-36-37-38-39-40-41-42-43-45-46-48-50-52-54-56-58-60-62-64-66-68-70-72-79(84)89-76-78(77-90-82(81(86)87)88-75-74-83(3,4)5)91-80(85)73-71-69-67-65-63-61-59-57-55-53-51-49-47-44-35-33-31-29-27-25-23-21-19-17-15-13-11-9-7-2/h8-11,14-17,20-23,26-29,32-35,47,49,78,82H,6-7,12-13,18-19,24-25,30-31,36-46,48,50-77H2,1-5H3/b10-8-,11-9-,16-14-,17-15-,22-20-,23-21-,28-26-,29-27-,34-32-,35-33-,49-47-. The first-order valence-corrected chi connectivity index (χ1v) is 37.3. The second-order valence-corrected chi connectivity index (χ2v) is 25.8. The van der Waals surface area contributed by atoms with Crippen LogP contribution in [0, 0.1) is 0 Å². The number of allylic oxidation sites excluding steroid dienone is 22. The van der Waals surface area contributed by atoms with E-state index in [1.54, 1.807) is 0 Å². The third kappa shape index (κ3) is 72.7. The molecule has 0 aromatic carbocycles. The van der Waals surface area contributed by atoms with Gasteiger partial charge in [0.05, 0.1) is 40.3 Å². The van der Waals surface area contributed by atoms with Gasteiger partial charge < -0.3 is 33.3 Å². The smallest absolute Gasteiger partial charge is 0.306 e. The molecule has 9 heteroatoms. The maximum absolute atomic E-state index is 13.0. The highest BCUT2D eigenvalue weighted by molar-refractivity contribution is 5.70. The molecule has 0 saturated carbocycles. The van der Waals surface area contributed by atoms with E-state index in [2.05, 4.69) is 148 Å². The van der Waals surface area contributed by atoms with Crippen LogP contribution in [0.3, 0.4) is 0 Å². The highest BCUT2D eigenvalue weighted by atomic mass is 16.7. The zero-order chi connectivity index (χ0) is 66.1. The molecule has 0 aromatic heterocycles. The van der Waals surface area contributed by atoms with E-state index in [-0.39, 0.29) is 38.6 Å². The first kappa shape index (κ1) is 86.4. The number of quaternary nitrogens is 1. The van der Waals surface area contributed by atoms with Crippen LogP contribution in [0.5, 0.6) is 0 Å². The fraction of sp³-hybridized carbons (Fsp3) is 0.695. The van der Waals surface area contributed by atoms with E-state index in [0.717, 1.165) is 116 Å². The zero-order valence-electron chi connectivity index (χ0n) is 59.4. The number of likely N-dealkylation sites (N-methyl/N-ethyl adjacent to an activating group) is 1. The number of carbonyl (C=O) groups excluding carboxylic acids is 3. The van der Waals surface area contributed by atoms with E-state index in [4.69, 9.17) is 18.9 Å². The van der Waals surface area contributed by atoms with Crippen molar-refractivity contribution in [1.82, 2.24) is 0 Å². The summed E-state index contributed by atoms with van der Waals surface area (Å²) in [4.78, 5) is 37.6. The maximum Gasteiger partial charge on any atom is 0.306 e. The zero-order valence-corrected chi connectivity index (χ0v) is 59.4.